The van der Waals surface area contributed by atoms with Gasteiger partial charge in [0.05, 0.1) is 24.5 Å². The molecule has 3 aliphatic heterocycles. The summed E-state index contributed by atoms with van der Waals surface area (Å²) in [5.74, 6) is -2.24. The molecule has 1 aromatic rings. The van der Waals surface area contributed by atoms with Gasteiger partial charge in [0.2, 0.25) is 17.7 Å². The first-order chi connectivity index (χ1) is 14.4. The highest BCUT2D eigenvalue weighted by Crippen LogP contribution is 2.58. The molecule has 0 aromatic heterocycles. The van der Waals surface area contributed by atoms with E-state index in [0.29, 0.717) is 30.1 Å². The summed E-state index contributed by atoms with van der Waals surface area (Å²) in [5, 5.41) is 15.8. The number of ether oxygens (including phenoxy) is 1. The number of carbonyl (C=O) groups is 3. The molecule has 0 saturated carbocycles. The number of aliphatic hydroxyl groups is 1. The van der Waals surface area contributed by atoms with Crippen LogP contribution in [0.1, 0.15) is 26.2 Å². The third kappa shape index (κ3) is 3.27. The third-order valence-corrected chi connectivity index (χ3v) is 6.61. The quantitative estimate of drug-likeness (QED) is 0.596. The number of fused-ring (bicyclic) bond motifs is 1. The SMILES string of the molecule is CCCNC(=O)[C@@H]1[C@@H]2CCC3(O2)C(C(=O)Nc2ccc(Cl)cc2)N(CCO)C(=O)[C@H]13. The summed E-state index contributed by atoms with van der Waals surface area (Å²) in [5.41, 5.74) is -0.507. The zero-order valence-electron chi connectivity index (χ0n) is 16.8. The first-order valence-electron chi connectivity index (χ1n) is 10.4. The number of halogens is 1. The number of amides is 3. The molecule has 3 amide bonds. The molecule has 4 rings (SSSR count). The molecule has 3 heterocycles. The predicted octanol–water partition coefficient (Wildman–Crippen LogP) is 1.17. The van der Waals surface area contributed by atoms with Crippen LogP contribution in [0.15, 0.2) is 24.3 Å². The average molecular weight is 436 g/mol. The highest BCUT2D eigenvalue weighted by atomic mass is 35.5. The molecule has 3 saturated heterocycles. The van der Waals surface area contributed by atoms with Gasteiger partial charge in [0, 0.05) is 23.8 Å². The number of hydrogen-bond donors (Lipinski definition) is 3. The molecule has 9 heteroatoms. The van der Waals surface area contributed by atoms with Gasteiger partial charge in [0.25, 0.3) is 0 Å². The highest BCUT2D eigenvalue weighted by molar-refractivity contribution is 6.30. The molecule has 1 spiro atoms. The molecular formula is C21H26ClN3O5. The van der Waals surface area contributed by atoms with Crippen LogP contribution >= 0.6 is 11.6 Å². The van der Waals surface area contributed by atoms with Crippen molar-refractivity contribution in [3.8, 4) is 0 Å². The van der Waals surface area contributed by atoms with Gasteiger partial charge in [-0.25, -0.2) is 0 Å². The van der Waals surface area contributed by atoms with E-state index in [2.05, 4.69) is 10.6 Å². The standard InChI is InChI=1S/C21H26ClN3O5/c1-2-9-23-18(27)15-14-7-8-21(30-14)16(15)20(29)25(10-11-26)17(21)19(28)24-13-5-3-12(22)4-6-13/h3-6,14-17,26H,2,7-11H2,1H3,(H,23,27)(H,24,28)/t14-,15+,16-,17?,21?/m0/s1. The van der Waals surface area contributed by atoms with Crippen molar-refractivity contribution in [3.05, 3.63) is 29.3 Å². The number of benzene rings is 1. The largest absolute Gasteiger partial charge is 0.395 e. The molecule has 8 nitrogen and oxygen atoms in total. The molecule has 3 fully saturated rings. The molecule has 2 unspecified atom stereocenters. The van der Waals surface area contributed by atoms with Crippen molar-refractivity contribution in [3.63, 3.8) is 0 Å². The molecule has 0 radical (unpaired) electrons. The molecular weight excluding hydrogens is 410 g/mol. The fraction of sp³-hybridized carbons (Fsp3) is 0.571. The Morgan fingerprint density at radius 1 is 1.30 bits per heavy atom. The lowest BCUT2D eigenvalue weighted by atomic mass is 9.70. The number of anilines is 1. The van der Waals surface area contributed by atoms with Crippen molar-refractivity contribution < 1.29 is 24.2 Å². The number of aliphatic hydroxyl groups excluding tert-OH is 1. The molecule has 2 bridgehead atoms. The zero-order chi connectivity index (χ0) is 21.5. The minimum absolute atomic E-state index is 0.00706. The van der Waals surface area contributed by atoms with Gasteiger partial charge in [0.15, 0.2) is 0 Å². The molecule has 30 heavy (non-hydrogen) atoms. The van der Waals surface area contributed by atoms with E-state index in [1.165, 1.54) is 4.90 Å². The van der Waals surface area contributed by atoms with Crippen molar-refractivity contribution >= 4 is 35.0 Å². The second kappa shape index (κ2) is 8.17. The normalized spacial score (nSPS) is 31.7. The van der Waals surface area contributed by atoms with E-state index < -0.39 is 29.4 Å². The smallest absolute Gasteiger partial charge is 0.250 e. The maximum Gasteiger partial charge on any atom is 0.250 e. The van der Waals surface area contributed by atoms with Crippen molar-refractivity contribution in [2.24, 2.45) is 11.8 Å². The van der Waals surface area contributed by atoms with E-state index in [1.807, 2.05) is 6.92 Å². The number of carbonyl (C=O) groups excluding carboxylic acids is 3. The number of likely N-dealkylation sites (tertiary alicyclic amines) is 1. The summed E-state index contributed by atoms with van der Waals surface area (Å²) >= 11 is 5.91. The van der Waals surface area contributed by atoms with Crippen LogP contribution in [0.4, 0.5) is 5.69 Å². The summed E-state index contributed by atoms with van der Waals surface area (Å²) < 4.78 is 6.25. The summed E-state index contributed by atoms with van der Waals surface area (Å²) in [7, 11) is 0. The van der Waals surface area contributed by atoms with Crippen molar-refractivity contribution in [1.82, 2.24) is 10.2 Å². The summed E-state index contributed by atoms with van der Waals surface area (Å²) in [6.07, 6.45) is 1.55. The summed E-state index contributed by atoms with van der Waals surface area (Å²) in [6.45, 7) is 2.21. The van der Waals surface area contributed by atoms with Crippen LogP contribution in [-0.2, 0) is 19.1 Å². The molecule has 0 aliphatic carbocycles. The minimum Gasteiger partial charge on any atom is -0.395 e. The number of β-amino-alcohol motifs (C(OH)–C–C–N with tert-alkyl or cyclic N) is 1. The van der Waals surface area contributed by atoms with Crippen LogP contribution in [0, 0.1) is 11.8 Å². The lowest BCUT2D eigenvalue weighted by molar-refractivity contribution is -0.141. The topological polar surface area (TPSA) is 108 Å². The third-order valence-electron chi connectivity index (χ3n) is 6.35. The monoisotopic (exact) mass is 435 g/mol. The van der Waals surface area contributed by atoms with Gasteiger partial charge >= 0.3 is 0 Å². The Hall–Kier alpha value is -2.16. The second-order valence-electron chi connectivity index (χ2n) is 8.10. The van der Waals surface area contributed by atoms with Crippen molar-refractivity contribution in [2.45, 2.75) is 43.9 Å². The summed E-state index contributed by atoms with van der Waals surface area (Å²) in [6, 6.07) is 5.77. The van der Waals surface area contributed by atoms with Crippen LogP contribution in [0.5, 0.6) is 0 Å². The fourth-order valence-electron chi connectivity index (χ4n) is 5.21. The van der Waals surface area contributed by atoms with Crippen molar-refractivity contribution in [2.75, 3.05) is 25.0 Å². The fourth-order valence-corrected chi connectivity index (χ4v) is 5.34. The van der Waals surface area contributed by atoms with E-state index in [1.54, 1.807) is 24.3 Å². The first kappa shape index (κ1) is 21.1. The lowest BCUT2D eigenvalue weighted by Gasteiger charge is -2.33. The average Bonchev–Trinajstić information content (AvgIpc) is 3.36. The van der Waals surface area contributed by atoms with E-state index in [9.17, 15) is 19.5 Å². The molecule has 3 aliphatic rings. The van der Waals surface area contributed by atoms with Crippen LogP contribution in [-0.4, -0.2) is 65.2 Å². The van der Waals surface area contributed by atoms with Gasteiger partial charge in [-0.3, -0.25) is 14.4 Å². The van der Waals surface area contributed by atoms with Gasteiger partial charge < -0.3 is 25.4 Å². The Bertz CT molecular complexity index is 848. The van der Waals surface area contributed by atoms with E-state index >= 15 is 0 Å². The van der Waals surface area contributed by atoms with Gasteiger partial charge in [-0.2, -0.15) is 0 Å². The number of nitrogens with zero attached hydrogens (tertiary/aromatic N) is 1. The Labute approximate surface area is 179 Å². The molecule has 1 aromatic carbocycles. The van der Waals surface area contributed by atoms with E-state index in [4.69, 9.17) is 16.3 Å². The maximum atomic E-state index is 13.3. The minimum atomic E-state index is -1.05. The lowest BCUT2D eigenvalue weighted by Crippen LogP contribution is -2.53. The number of hydrogen-bond acceptors (Lipinski definition) is 5. The van der Waals surface area contributed by atoms with Gasteiger partial charge in [0.1, 0.15) is 11.6 Å². The maximum absolute atomic E-state index is 13.3. The Morgan fingerprint density at radius 3 is 2.70 bits per heavy atom. The van der Waals surface area contributed by atoms with Crippen LogP contribution in [0.3, 0.4) is 0 Å². The number of nitrogens with one attached hydrogen (secondary N) is 2. The first-order valence-corrected chi connectivity index (χ1v) is 10.7. The van der Waals surface area contributed by atoms with Crippen LogP contribution in [0.2, 0.25) is 5.02 Å². The number of rotatable bonds is 7. The molecule has 162 valence electrons. The van der Waals surface area contributed by atoms with Crippen molar-refractivity contribution in [1.29, 1.82) is 0 Å². The summed E-state index contributed by atoms with van der Waals surface area (Å²) in [4.78, 5) is 40.8. The highest BCUT2D eigenvalue weighted by Gasteiger charge is 2.74. The van der Waals surface area contributed by atoms with Crippen LogP contribution in [0.25, 0.3) is 0 Å². The zero-order valence-corrected chi connectivity index (χ0v) is 17.5. The predicted molar refractivity (Wildman–Crippen MR) is 110 cm³/mol. The van der Waals surface area contributed by atoms with Gasteiger partial charge in [-0.05, 0) is 43.5 Å². The van der Waals surface area contributed by atoms with Crippen LogP contribution < -0.4 is 10.6 Å². The molecule has 5 atom stereocenters. The Balaban J connectivity index is 1.64. The van der Waals surface area contributed by atoms with E-state index in [-0.39, 0.29) is 31.1 Å². The van der Waals surface area contributed by atoms with E-state index in [0.717, 1.165) is 6.42 Å². The van der Waals surface area contributed by atoms with Gasteiger partial charge in [-0.1, -0.05) is 18.5 Å². The Morgan fingerprint density at radius 2 is 2.03 bits per heavy atom. The molecule has 3 N–H and O–H groups in total. The Kier molecular flexibility index (Phi) is 5.74. The second-order valence-corrected chi connectivity index (χ2v) is 8.53. The van der Waals surface area contributed by atoms with Gasteiger partial charge in [-0.15, -0.1) is 0 Å².